The van der Waals surface area contributed by atoms with Gasteiger partial charge in [-0.3, -0.25) is 19.4 Å². The van der Waals surface area contributed by atoms with Crippen LogP contribution in [0.2, 0.25) is 0 Å². The summed E-state index contributed by atoms with van der Waals surface area (Å²) in [4.78, 5) is 51.3. The first kappa shape index (κ1) is 20.1. The fraction of sp³-hybridized carbons (Fsp3) is 0.438. The van der Waals surface area contributed by atoms with E-state index in [0.717, 1.165) is 0 Å². The van der Waals surface area contributed by atoms with Crippen molar-refractivity contribution >= 4 is 23.8 Å². The molecule has 1 rings (SSSR count). The zero-order chi connectivity index (χ0) is 18.8. The number of rotatable bonds is 9. The van der Waals surface area contributed by atoms with Gasteiger partial charge in [-0.2, -0.15) is 0 Å². The maximum Gasteiger partial charge on any atom is 0.327 e. The summed E-state index contributed by atoms with van der Waals surface area (Å²) in [5.41, 5.74) is -0.0208. The Morgan fingerprint density at radius 1 is 1.16 bits per heavy atom. The van der Waals surface area contributed by atoms with Crippen molar-refractivity contribution in [2.45, 2.75) is 26.3 Å². The van der Waals surface area contributed by atoms with Crippen LogP contribution in [-0.4, -0.2) is 53.2 Å². The maximum atomic E-state index is 12.2. The molecule has 9 heteroatoms. The van der Waals surface area contributed by atoms with Crippen LogP contribution in [0.3, 0.4) is 0 Å². The van der Waals surface area contributed by atoms with Crippen molar-refractivity contribution in [2.24, 2.45) is 5.92 Å². The Balaban J connectivity index is 3.01. The van der Waals surface area contributed by atoms with E-state index in [4.69, 9.17) is 9.47 Å². The average molecular weight is 352 g/mol. The number of ether oxygens (including phenoxy) is 2. The number of carbonyl (C=O) groups is 4. The predicted molar refractivity (Wildman–Crippen MR) is 84.5 cm³/mol. The Bertz CT molecular complexity index is 618. The highest BCUT2D eigenvalue weighted by Gasteiger charge is 2.38. The number of esters is 2. The predicted octanol–water partition coefficient (Wildman–Crippen LogP) is 0.397. The van der Waals surface area contributed by atoms with Crippen molar-refractivity contribution in [1.29, 1.82) is 0 Å². The van der Waals surface area contributed by atoms with Gasteiger partial charge in [0.25, 0.3) is 5.91 Å². The molecule has 2 atom stereocenters. The van der Waals surface area contributed by atoms with Crippen molar-refractivity contribution in [3.8, 4) is 0 Å². The minimum absolute atomic E-state index is 0.00130. The lowest BCUT2D eigenvalue weighted by Gasteiger charge is -2.22. The number of carboxylic acids is 1. The minimum Gasteiger partial charge on any atom is -0.480 e. The third kappa shape index (κ3) is 6.21. The topological polar surface area (TPSA) is 132 Å². The smallest absolute Gasteiger partial charge is 0.327 e. The van der Waals surface area contributed by atoms with Gasteiger partial charge in [-0.25, -0.2) is 4.79 Å². The summed E-state index contributed by atoms with van der Waals surface area (Å²) in [6.45, 7) is 3.20. The average Bonchev–Trinajstić information content (AvgIpc) is 2.58. The van der Waals surface area contributed by atoms with Crippen LogP contribution >= 0.6 is 0 Å². The molecule has 1 heterocycles. The molecule has 0 bridgehead atoms. The Morgan fingerprint density at radius 2 is 1.84 bits per heavy atom. The van der Waals surface area contributed by atoms with Crippen LogP contribution in [0.4, 0.5) is 0 Å². The SMILES string of the molecule is CCOC(=O)C[C@@H](C(=O)OCC)[C@H](NC(=O)c1ccccn1)C(=O)O. The lowest BCUT2D eigenvalue weighted by Crippen LogP contribution is -2.50. The van der Waals surface area contributed by atoms with E-state index in [-0.39, 0.29) is 18.9 Å². The van der Waals surface area contributed by atoms with Gasteiger partial charge >= 0.3 is 17.9 Å². The van der Waals surface area contributed by atoms with Gasteiger partial charge in [0.1, 0.15) is 11.7 Å². The molecule has 0 spiro atoms. The van der Waals surface area contributed by atoms with E-state index in [2.05, 4.69) is 10.3 Å². The first-order chi connectivity index (χ1) is 11.9. The maximum absolute atomic E-state index is 12.2. The quantitative estimate of drug-likeness (QED) is 0.610. The fourth-order valence-electron chi connectivity index (χ4n) is 2.03. The number of aromatic nitrogens is 1. The molecule has 1 aromatic heterocycles. The number of nitrogens with one attached hydrogen (secondary N) is 1. The molecule has 25 heavy (non-hydrogen) atoms. The normalized spacial score (nSPS) is 12.6. The summed E-state index contributed by atoms with van der Waals surface area (Å²) in [5.74, 6) is -5.37. The molecule has 0 aromatic carbocycles. The molecule has 0 saturated carbocycles. The van der Waals surface area contributed by atoms with Gasteiger partial charge in [0.05, 0.1) is 25.6 Å². The molecule has 0 radical (unpaired) electrons. The second-order valence-corrected chi connectivity index (χ2v) is 4.87. The van der Waals surface area contributed by atoms with Crippen molar-refractivity contribution in [3.05, 3.63) is 30.1 Å². The van der Waals surface area contributed by atoms with E-state index in [9.17, 15) is 24.3 Å². The van der Waals surface area contributed by atoms with Crippen LogP contribution in [0.1, 0.15) is 30.8 Å². The summed E-state index contributed by atoms with van der Waals surface area (Å²) in [5, 5.41) is 11.6. The first-order valence-electron chi connectivity index (χ1n) is 7.67. The first-order valence-corrected chi connectivity index (χ1v) is 7.67. The highest BCUT2D eigenvalue weighted by Crippen LogP contribution is 2.15. The molecule has 0 fully saturated rings. The number of carbonyl (C=O) groups excluding carboxylic acids is 3. The van der Waals surface area contributed by atoms with Gasteiger partial charge in [-0.15, -0.1) is 0 Å². The number of hydrogen-bond donors (Lipinski definition) is 2. The number of aliphatic carboxylic acids is 1. The molecule has 0 aliphatic heterocycles. The van der Waals surface area contributed by atoms with E-state index in [1.165, 1.54) is 12.3 Å². The van der Waals surface area contributed by atoms with Crippen molar-refractivity contribution in [2.75, 3.05) is 13.2 Å². The lowest BCUT2D eigenvalue weighted by molar-refractivity contribution is -0.159. The van der Waals surface area contributed by atoms with Crippen LogP contribution in [0.25, 0.3) is 0 Å². The Morgan fingerprint density at radius 3 is 2.36 bits per heavy atom. The second-order valence-electron chi connectivity index (χ2n) is 4.87. The van der Waals surface area contributed by atoms with Crippen LogP contribution < -0.4 is 5.32 Å². The highest BCUT2D eigenvalue weighted by molar-refractivity contribution is 5.96. The van der Waals surface area contributed by atoms with Gasteiger partial charge in [0, 0.05) is 6.20 Å². The van der Waals surface area contributed by atoms with E-state index >= 15 is 0 Å². The summed E-state index contributed by atoms with van der Waals surface area (Å²) in [7, 11) is 0. The molecule has 9 nitrogen and oxygen atoms in total. The minimum atomic E-state index is -1.67. The second kappa shape index (κ2) is 10.0. The number of hydrogen-bond acceptors (Lipinski definition) is 7. The van der Waals surface area contributed by atoms with Crippen molar-refractivity contribution in [1.82, 2.24) is 10.3 Å². The molecule has 136 valence electrons. The molecule has 1 amide bonds. The number of pyridine rings is 1. The molecule has 0 unspecified atom stereocenters. The summed E-state index contributed by atoms with van der Waals surface area (Å²) < 4.78 is 9.58. The summed E-state index contributed by atoms with van der Waals surface area (Å²) in [6, 6.07) is 2.86. The molecule has 0 aliphatic rings. The van der Waals surface area contributed by atoms with E-state index < -0.39 is 42.2 Å². The summed E-state index contributed by atoms with van der Waals surface area (Å²) in [6.07, 6.45) is 0.832. The number of amides is 1. The standard InChI is InChI=1S/C16H20N2O7/c1-3-24-12(19)9-10(16(23)25-4-2)13(15(21)22)18-14(20)11-7-5-6-8-17-11/h5-8,10,13H,3-4,9H2,1-2H3,(H,18,20)(H,21,22)/t10-,13+/m1/s1. The Kier molecular flexibility index (Phi) is 8.04. The zero-order valence-corrected chi connectivity index (χ0v) is 13.9. The number of carboxylic acid groups (broad SMARTS) is 1. The van der Waals surface area contributed by atoms with Gasteiger partial charge in [-0.1, -0.05) is 6.07 Å². The van der Waals surface area contributed by atoms with Gasteiger partial charge < -0.3 is 19.9 Å². The van der Waals surface area contributed by atoms with Crippen LogP contribution in [0.15, 0.2) is 24.4 Å². The molecule has 0 aliphatic carbocycles. The molecular formula is C16H20N2O7. The molecule has 2 N–H and O–H groups in total. The van der Waals surface area contributed by atoms with E-state index in [0.29, 0.717) is 0 Å². The van der Waals surface area contributed by atoms with Crippen molar-refractivity contribution < 1.29 is 33.8 Å². The van der Waals surface area contributed by atoms with Crippen LogP contribution in [0.5, 0.6) is 0 Å². The van der Waals surface area contributed by atoms with Gasteiger partial charge in [0.2, 0.25) is 0 Å². The third-order valence-electron chi connectivity index (χ3n) is 3.13. The van der Waals surface area contributed by atoms with Gasteiger partial charge in [-0.05, 0) is 26.0 Å². The lowest BCUT2D eigenvalue weighted by atomic mass is 9.95. The monoisotopic (exact) mass is 352 g/mol. The van der Waals surface area contributed by atoms with Crippen molar-refractivity contribution in [3.63, 3.8) is 0 Å². The third-order valence-corrected chi connectivity index (χ3v) is 3.13. The molecular weight excluding hydrogens is 332 g/mol. The summed E-state index contributed by atoms with van der Waals surface area (Å²) >= 11 is 0. The zero-order valence-electron chi connectivity index (χ0n) is 13.9. The fourth-order valence-corrected chi connectivity index (χ4v) is 2.03. The van der Waals surface area contributed by atoms with Crippen LogP contribution in [-0.2, 0) is 23.9 Å². The Labute approximate surface area is 144 Å². The largest absolute Gasteiger partial charge is 0.480 e. The van der Waals surface area contributed by atoms with Gasteiger partial charge in [0.15, 0.2) is 0 Å². The molecule has 1 aromatic rings. The van der Waals surface area contributed by atoms with E-state index in [1.807, 2.05) is 0 Å². The van der Waals surface area contributed by atoms with Crippen LogP contribution in [0, 0.1) is 5.92 Å². The molecule has 0 saturated heterocycles. The Hall–Kier alpha value is -2.97. The highest BCUT2D eigenvalue weighted by atomic mass is 16.5. The van der Waals surface area contributed by atoms with E-state index in [1.54, 1.807) is 26.0 Å². The number of nitrogens with zero attached hydrogens (tertiary/aromatic N) is 1.